The first-order valence-electron chi connectivity index (χ1n) is 12.3. The highest BCUT2D eigenvalue weighted by Gasteiger charge is 2.19. The molecule has 0 saturated carbocycles. The predicted octanol–water partition coefficient (Wildman–Crippen LogP) is 7.71. The number of unbranched alkanes of at least 4 members (excludes halogenated alkanes) is 4. The molecular weight excluding hydrogens is 424 g/mol. The van der Waals surface area contributed by atoms with Crippen molar-refractivity contribution < 1.29 is 19.1 Å². The van der Waals surface area contributed by atoms with Crippen molar-refractivity contribution in [3.8, 4) is 22.3 Å². The Hall–Kier alpha value is -3.40. The van der Waals surface area contributed by atoms with Crippen molar-refractivity contribution in [2.75, 3.05) is 13.2 Å². The van der Waals surface area contributed by atoms with Crippen LogP contribution in [0, 0.1) is 0 Å². The predicted molar refractivity (Wildman–Crippen MR) is 137 cm³/mol. The molecule has 0 aliphatic rings. The molecule has 0 amide bonds. The third kappa shape index (κ3) is 7.05. The maximum absolute atomic E-state index is 13.1. The lowest BCUT2D eigenvalue weighted by Gasteiger charge is -2.13. The van der Waals surface area contributed by atoms with E-state index in [1.165, 1.54) is 0 Å². The molecule has 0 N–H and O–H groups in total. The number of esters is 2. The summed E-state index contributed by atoms with van der Waals surface area (Å²) < 4.78 is 11.0. The standard InChI is InChI=1S/C30H34O4/c1-3-5-10-19-33-29(31)26-17-18-27(28(22-26)30(32)34-20-11-6-4-2)25-16-12-15-24(21-25)23-13-8-7-9-14-23/h7-9,12-18,21-22H,3-6,10-11,19-20H2,1-2H3. The second-order valence-electron chi connectivity index (χ2n) is 8.39. The molecule has 0 aliphatic carbocycles. The number of rotatable bonds is 12. The summed E-state index contributed by atoms with van der Waals surface area (Å²) in [6.07, 6.45) is 5.78. The van der Waals surface area contributed by atoms with Crippen LogP contribution in [0.1, 0.15) is 73.1 Å². The Morgan fingerprint density at radius 2 is 1.24 bits per heavy atom. The molecular formula is C30H34O4. The van der Waals surface area contributed by atoms with Crippen LogP contribution >= 0.6 is 0 Å². The average molecular weight is 459 g/mol. The number of carbonyl (C=O) groups excluding carboxylic acids is 2. The Morgan fingerprint density at radius 1 is 0.618 bits per heavy atom. The van der Waals surface area contributed by atoms with Crippen molar-refractivity contribution in [2.45, 2.75) is 52.4 Å². The van der Waals surface area contributed by atoms with Gasteiger partial charge in [0.2, 0.25) is 0 Å². The van der Waals surface area contributed by atoms with Gasteiger partial charge in [-0.1, -0.05) is 94.1 Å². The molecule has 0 aromatic heterocycles. The van der Waals surface area contributed by atoms with E-state index in [4.69, 9.17) is 9.47 Å². The second kappa shape index (κ2) is 13.3. The lowest BCUT2D eigenvalue weighted by Crippen LogP contribution is -2.12. The molecule has 3 rings (SSSR count). The quantitative estimate of drug-likeness (QED) is 0.206. The van der Waals surface area contributed by atoms with Crippen LogP contribution in [0.2, 0.25) is 0 Å². The fourth-order valence-electron chi connectivity index (χ4n) is 3.78. The van der Waals surface area contributed by atoms with Crippen LogP contribution in [0.5, 0.6) is 0 Å². The molecule has 4 heteroatoms. The van der Waals surface area contributed by atoms with Gasteiger partial charge in [-0.05, 0) is 53.3 Å². The summed E-state index contributed by atoms with van der Waals surface area (Å²) in [5.74, 6) is -0.836. The Balaban J connectivity index is 1.91. The van der Waals surface area contributed by atoms with Crippen LogP contribution in [-0.4, -0.2) is 25.2 Å². The topological polar surface area (TPSA) is 52.6 Å². The van der Waals surface area contributed by atoms with Crippen LogP contribution in [0.25, 0.3) is 22.3 Å². The fraction of sp³-hybridized carbons (Fsp3) is 0.333. The Labute approximate surface area is 202 Å². The SMILES string of the molecule is CCCCCOC(=O)c1ccc(-c2cccc(-c3ccccc3)c2)c(C(=O)OCCCCC)c1. The van der Waals surface area contributed by atoms with Crippen molar-refractivity contribution in [3.05, 3.63) is 83.9 Å². The summed E-state index contributed by atoms with van der Waals surface area (Å²) >= 11 is 0. The lowest BCUT2D eigenvalue weighted by atomic mass is 9.94. The molecule has 0 bridgehead atoms. The van der Waals surface area contributed by atoms with E-state index in [0.29, 0.717) is 24.3 Å². The van der Waals surface area contributed by atoms with E-state index in [9.17, 15) is 9.59 Å². The minimum atomic E-state index is -0.420. The molecule has 0 aliphatic heterocycles. The second-order valence-corrected chi connectivity index (χ2v) is 8.39. The molecule has 3 aromatic rings. The summed E-state index contributed by atoms with van der Waals surface area (Å²) in [7, 11) is 0. The first kappa shape index (κ1) is 25.2. The first-order chi connectivity index (χ1) is 16.6. The normalized spacial score (nSPS) is 10.6. The van der Waals surface area contributed by atoms with E-state index >= 15 is 0 Å². The maximum atomic E-state index is 13.1. The minimum absolute atomic E-state index is 0.361. The summed E-state index contributed by atoms with van der Waals surface area (Å²) in [5.41, 5.74) is 4.52. The third-order valence-electron chi connectivity index (χ3n) is 5.72. The zero-order valence-electron chi connectivity index (χ0n) is 20.2. The highest BCUT2D eigenvalue weighted by atomic mass is 16.5. The minimum Gasteiger partial charge on any atom is -0.462 e. The number of benzene rings is 3. The number of hydrogen-bond acceptors (Lipinski definition) is 4. The molecule has 0 radical (unpaired) electrons. The van der Waals surface area contributed by atoms with Gasteiger partial charge in [0, 0.05) is 0 Å². The largest absolute Gasteiger partial charge is 0.462 e. The van der Waals surface area contributed by atoms with Gasteiger partial charge in [0.1, 0.15) is 0 Å². The van der Waals surface area contributed by atoms with Crippen molar-refractivity contribution in [2.24, 2.45) is 0 Å². The molecule has 0 saturated heterocycles. The molecule has 0 atom stereocenters. The van der Waals surface area contributed by atoms with Crippen LogP contribution in [-0.2, 0) is 9.47 Å². The van der Waals surface area contributed by atoms with Crippen LogP contribution in [0.4, 0.5) is 0 Å². The van der Waals surface area contributed by atoms with Gasteiger partial charge in [0.25, 0.3) is 0 Å². The van der Waals surface area contributed by atoms with Crippen molar-refractivity contribution >= 4 is 11.9 Å². The summed E-state index contributed by atoms with van der Waals surface area (Å²) in [6, 6.07) is 23.3. The Morgan fingerprint density at radius 3 is 1.91 bits per heavy atom. The molecule has 0 spiro atoms. The Bertz CT molecular complexity index is 1070. The van der Waals surface area contributed by atoms with Crippen molar-refractivity contribution in [3.63, 3.8) is 0 Å². The van der Waals surface area contributed by atoms with E-state index in [1.807, 2.05) is 42.5 Å². The van der Waals surface area contributed by atoms with Gasteiger partial charge in [0.05, 0.1) is 24.3 Å². The van der Waals surface area contributed by atoms with E-state index < -0.39 is 11.9 Å². The summed E-state index contributed by atoms with van der Waals surface area (Å²) in [4.78, 5) is 25.7. The first-order valence-corrected chi connectivity index (χ1v) is 12.3. The van der Waals surface area contributed by atoms with Gasteiger partial charge in [-0.3, -0.25) is 0 Å². The lowest BCUT2D eigenvalue weighted by molar-refractivity contribution is 0.0497. The fourth-order valence-corrected chi connectivity index (χ4v) is 3.78. The molecule has 3 aromatic carbocycles. The number of ether oxygens (including phenoxy) is 2. The molecule has 0 fully saturated rings. The summed E-state index contributed by atoms with van der Waals surface area (Å²) in [5, 5.41) is 0. The zero-order chi connectivity index (χ0) is 24.2. The van der Waals surface area contributed by atoms with Crippen LogP contribution < -0.4 is 0 Å². The van der Waals surface area contributed by atoms with Crippen LogP contribution in [0.15, 0.2) is 72.8 Å². The molecule has 4 nitrogen and oxygen atoms in total. The number of carbonyl (C=O) groups is 2. The van der Waals surface area contributed by atoms with Crippen molar-refractivity contribution in [1.29, 1.82) is 0 Å². The zero-order valence-corrected chi connectivity index (χ0v) is 20.2. The molecule has 178 valence electrons. The van der Waals surface area contributed by atoms with Gasteiger partial charge in [0.15, 0.2) is 0 Å². The van der Waals surface area contributed by atoms with E-state index in [0.717, 1.165) is 60.8 Å². The third-order valence-corrected chi connectivity index (χ3v) is 5.72. The van der Waals surface area contributed by atoms with Gasteiger partial charge in [-0.2, -0.15) is 0 Å². The monoisotopic (exact) mass is 458 g/mol. The smallest absolute Gasteiger partial charge is 0.338 e. The molecule has 0 heterocycles. The average Bonchev–Trinajstić information content (AvgIpc) is 2.89. The highest BCUT2D eigenvalue weighted by molar-refractivity contribution is 6.01. The van der Waals surface area contributed by atoms with Crippen molar-refractivity contribution in [1.82, 2.24) is 0 Å². The number of hydrogen-bond donors (Lipinski definition) is 0. The summed E-state index contributed by atoms with van der Waals surface area (Å²) in [6.45, 7) is 4.95. The van der Waals surface area contributed by atoms with Gasteiger partial charge in [-0.25, -0.2) is 9.59 Å². The molecule has 0 unspecified atom stereocenters. The van der Waals surface area contributed by atoms with E-state index in [2.05, 4.69) is 32.0 Å². The van der Waals surface area contributed by atoms with Gasteiger partial charge < -0.3 is 9.47 Å². The van der Waals surface area contributed by atoms with Gasteiger partial charge in [-0.15, -0.1) is 0 Å². The Kier molecular flexibility index (Phi) is 9.90. The van der Waals surface area contributed by atoms with Crippen LogP contribution in [0.3, 0.4) is 0 Å². The van der Waals surface area contributed by atoms with Gasteiger partial charge >= 0.3 is 11.9 Å². The van der Waals surface area contributed by atoms with E-state index in [1.54, 1.807) is 12.1 Å². The highest BCUT2D eigenvalue weighted by Crippen LogP contribution is 2.30. The van der Waals surface area contributed by atoms with E-state index in [-0.39, 0.29) is 0 Å². The molecule has 34 heavy (non-hydrogen) atoms. The maximum Gasteiger partial charge on any atom is 0.338 e.